The predicted octanol–water partition coefficient (Wildman–Crippen LogP) is 4.17. The molecule has 0 fully saturated rings. The van der Waals surface area contributed by atoms with Crippen LogP contribution in [0.4, 0.5) is 5.69 Å². The lowest BCUT2D eigenvalue weighted by molar-refractivity contribution is -0.142. The Hall–Kier alpha value is -3.62. The fourth-order valence-corrected chi connectivity index (χ4v) is 4.13. The molecule has 2 aromatic heterocycles. The SMILES string of the molecule is CCOC(=O)Cc1ccccc1NC(=O)c1nc(-c2cccc(CN)c2)c2ccsc2n1. The van der Waals surface area contributed by atoms with Crippen molar-refractivity contribution in [3.05, 3.63) is 76.9 Å². The standard InChI is InChI=1S/C24H22N4O3S/c1-2-31-20(29)13-16-7-3-4-9-19(16)26-23(30)22-27-21(18-10-11-32-24(18)28-22)17-8-5-6-15(12-17)14-25/h3-12H,2,13-14,25H2,1H3,(H,26,30). The number of amides is 1. The van der Waals surface area contributed by atoms with Crippen LogP contribution in [-0.4, -0.2) is 28.5 Å². The first-order chi connectivity index (χ1) is 15.6. The number of para-hydroxylation sites is 1. The van der Waals surface area contributed by atoms with E-state index in [1.807, 2.05) is 35.7 Å². The van der Waals surface area contributed by atoms with E-state index in [-0.39, 0.29) is 18.2 Å². The number of ether oxygens (including phenoxy) is 1. The van der Waals surface area contributed by atoms with Crippen LogP contribution in [0.1, 0.15) is 28.7 Å². The lowest BCUT2D eigenvalue weighted by Crippen LogP contribution is -2.18. The molecule has 0 aliphatic heterocycles. The minimum Gasteiger partial charge on any atom is -0.466 e. The maximum Gasteiger partial charge on any atom is 0.310 e. The summed E-state index contributed by atoms with van der Waals surface area (Å²) in [7, 11) is 0. The molecule has 0 spiro atoms. The van der Waals surface area contributed by atoms with Crippen LogP contribution in [0.15, 0.2) is 60.0 Å². The number of thiophene rings is 1. The number of nitrogens with one attached hydrogen (secondary N) is 1. The normalized spacial score (nSPS) is 10.8. The molecule has 2 aromatic carbocycles. The van der Waals surface area contributed by atoms with Crippen molar-refractivity contribution in [2.24, 2.45) is 5.73 Å². The highest BCUT2D eigenvalue weighted by Gasteiger charge is 2.18. The van der Waals surface area contributed by atoms with Crippen molar-refractivity contribution in [2.75, 3.05) is 11.9 Å². The molecule has 0 aliphatic carbocycles. The zero-order valence-electron chi connectivity index (χ0n) is 17.5. The zero-order chi connectivity index (χ0) is 22.5. The van der Waals surface area contributed by atoms with Gasteiger partial charge in [0.2, 0.25) is 5.82 Å². The van der Waals surface area contributed by atoms with Crippen LogP contribution in [0.3, 0.4) is 0 Å². The Morgan fingerprint density at radius 1 is 1.09 bits per heavy atom. The van der Waals surface area contributed by atoms with Crippen LogP contribution in [0, 0.1) is 0 Å². The predicted molar refractivity (Wildman–Crippen MR) is 125 cm³/mol. The van der Waals surface area contributed by atoms with Crippen molar-refractivity contribution in [3.8, 4) is 11.3 Å². The van der Waals surface area contributed by atoms with E-state index < -0.39 is 5.91 Å². The van der Waals surface area contributed by atoms with E-state index in [1.54, 1.807) is 31.2 Å². The minimum atomic E-state index is -0.451. The molecule has 0 aliphatic rings. The zero-order valence-corrected chi connectivity index (χ0v) is 18.3. The summed E-state index contributed by atoms with van der Waals surface area (Å²) < 4.78 is 5.03. The van der Waals surface area contributed by atoms with Crippen molar-refractivity contribution in [1.82, 2.24) is 9.97 Å². The molecule has 0 atom stereocenters. The Labute approximate surface area is 189 Å². The summed E-state index contributed by atoms with van der Waals surface area (Å²) in [5.41, 5.74) is 9.50. The van der Waals surface area contributed by atoms with Gasteiger partial charge in [-0.3, -0.25) is 9.59 Å². The lowest BCUT2D eigenvalue weighted by Gasteiger charge is -2.11. The average Bonchev–Trinajstić information content (AvgIpc) is 3.28. The van der Waals surface area contributed by atoms with Crippen LogP contribution in [0.2, 0.25) is 0 Å². The fourth-order valence-electron chi connectivity index (χ4n) is 3.36. The minimum absolute atomic E-state index is 0.0547. The number of nitrogens with two attached hydrogens (primary N) is 1. The first-order valence-electron chi connectivity index (χ1n) is 10.2. The number of anilines is 1. The number of rotatable bonds is 7. The number of nitrogens with zero attached hydrogens (tertiary/aromatic N) is 2. The molecule has 0 bridgehead atoms. The molecular formula is C24H22N4O3S. The second-order valence-electron chi connectivity index (χ2n) is 7.03. The van der Waals surface area contributed by atoms with Crippen LogP contribution in [-0.2, 0) is 22.5 Å². The number of benzene rings is 2. The number of carbonyl (C=O) groups excluding carboxylic acids is 2. The molecule has 7 nitrogen and oxygen atoms in total. The maximum atomic E-state index is 13.1. The van der Waals surface area contributed by atoms with Crippen LogP contribution < -0.4 is 11.1 Å². The average molecular weight is 447 g/mol. The molecule has 0 unspecified atom stereocenters. The first kappa shape index (κ1) is 21.6. The highest BCUT2D eigenvalue weighted by Crippen LogP contribution is 2.30. The van der Waals surface area contributed by atoms with Crippen LogP contribution in [0.5, 0.6) is 0 Å². The molecule has 0 saturated carbocycles. The molecule has 3 N–H and O–H groups in total. The topological polar surface area (TPSA) is 107 Å². The van der Waals surface area contributed by atoms with Gasteiger partial charge in [0.1, 0.15) is 4.83 Å². The molecule has 8 heteroatoms. The van der Waals surface area contributed by atoms with E-state index in [4.69, 9.17) is 10.5 Å². The summed E-state index contributed by atoms with van der Waals surface area (Å²) >= 11 is 1.44. The maximum absolute atomic E-state index is 13.1. The number of fused-ring (bicyclic) bond motifs is 1. The van der Waals surface area contributed by atoms with Gasteiger partial charge < -0.3 is 15.8 Å². The third kappa shape index (κ3) is 4.66. The Kier molecular flexibility index (Phi) is 6.53. The summed E-state index contributed by atoms with van der Waals surface area (Å²) in [5.74, 6) is -0.751. The Morgan fingerprint density at radius 2 is 1.94 bits per heavy atom. The summed E-state index contributed by atoms with van der Waals surface area (Å²) in [4.78, 5) is 34.8. The van der Waals surface area contributed by atoms with Crippen molar-refractivity contribution < 1.29 is 14.3 Å². The first-order valence-corrected chi connectivity index (χ1v) is 11.1. The molecular weight excluding hydrogens is 424 g/mol. The molecule has 2 heterocycles. The van der Waals surface area contributed by atoms with E-state index >= 15 is 0 Å². The number of carbonyl (C=O) groups is 2. The van der Waals surface area contributed by atoms with Gasteiger partial charge in [0.25, 0.3) is 5.91 Å². The summed E-state index contributed by atoms with van der Waals surface area (Å²) in [5, 5.41) is 5.65. The molecule has 162 valence electrons. The fraction of sp³-hybridized carbons (Fsp3) is 0.167. The number of hydrogen-bond donors (Lipinski definition) is 2. The van der Waals surface area contributed by atoms with Gasteiger partial charge in [0.15, 0.2) is 0 Å². The second-order valence-corrected chi connectivity index (χ2v) is 7.93. The summed E-state index contributed by atoms with van der Waals surface area (Å²) in [6.07, 6.45) is 0.0617. The van der Waals surface area contributed by atoms with Gasteiger partial charge in [-0.2, -0.15) is 0 Å². The number of aromatic nitrogens is 2. The van der Waals surface area contributed by atoms with Gasteiger partial charge in [0.05, 0.1) is 18.7 Å². The number of esters is 1. The van der Waals surface area contributed by atoms with Crippen molar-refractivity contribution in [2.45, 2.75) is 19.9 Å². The van der Waals surface area contributed by atoms with Gasteiger partial charge in [0, 0.05) is 23.2 Å². The van der Waals surface area contributed by atoms with Crippen molar-refractivity contribution in [3.63, 3.8) is 0 Å². The van der Waals surface area contributed by atoms with Crippen molar-refractivity contribution >= 4 is 39.1 Å². The Bertz CT molecular complexity index is 1290. The quantitative estimate of drug-likeness (QED) is 0.413. The van der Waals surface area contributed by atoms with Gasteiger partial charge in [-0.25, -0.2) is 9.97 Å². The van der Waals surface area contributed by atoms with Gasteiger partial charge in [-0.15, -0.1) is 11.3 Å². The molecule has 0 radical (unpaired) electrons. The van der Waals surface area contributed by atoms with E-state index in [9.17, 15) is 9.59 Å². The largest absolute Gasteiger partial charge is 0.466 e. The third-order valence-electron chi connectivity index (χ3n) is 4.87. The van der Waals surface area contributed by atoms with Gasteiger partial charge in [-0.1, -0.05) is 36.4 Å². The molecule has 4 rings (SSSR count). The van der Waals surface area contributed by atoms with Gasteiger partial charge >= 0.3 is 5.97 Å². The van der Waals surface area contributed by atoms with E-state index in [2.05, 4.69) is 15.3 Å². The number of hydrogen-bond acceptors (Lipinski definition) is 7. The molecule has 32 heavy (non-hydrogen) atoms. The van der Waals surface area contributed by atoms with Crippen molar-refractivity contribution in [1.29, 1.82) is 0 Å². The van der Waals surface area contributed by atoms with E-state index in [1.165, 1.54) is 11.3 Å². The summed E-state index contributed by atoms with van der Waals surface area (Å²) in [6.45, 7) is 2.47. The van der Waals surface area contributed by atoms with Crippen LogP contribution >= 0.6 is 11.3 Å². The monoisotopic (exact) mass is 446 g/mol. The second kappa shape index (κ2) is 9.67. The third-order valence-corrected chi connectivity index (χ3v) is 5.68. The highest BCUT2D eigenvalue weighted by molar-refractivity contribution is 7.16. The molecule has 4 aromatic rings. The van der Waals surface area contributed by atoms with Crippen LogP contribution in [0.25, 0.3) is 21.5 Å². The van der Waals surface area contributed by atoms with E-state index in [0.717, 1.165) is 21.3 Å². The Balaban J connectivity index is 1.68. The summed E-state index contributed by atoms with van der Waals surface area (Å²) in [6, 6.07) is 16.8. The highest BCUT2D eigenvalue weighted by atomic mass is 32.1. The Morgan fingerprint density at radius 3 is 2.75 bits per heavy atom. The molecule has 0 saturated heterocycles. The van der Waals surface area contributed by atoms with E-state index in [0.29, 0.717) is 30.1 Å². The molecule has 1 amide bonds. The lowest BCUT2D eigenvalue weighted by atomic mass is 10.1. The van der Waals surface area contributed by atoms with Gasteiger partial charge in [-0.05, 0) is 41.6 Å². The smallest absolute Gasteiger partial charge is 0.310 e.